The van der Waals surface area contributed by atoms with Crippen LogP contribution in [0.4, 0.5) is 0 Å². The highest BCUT2D eigenvalue weighted by molar-refractivity contribution is 8.00. The number of hydrogen-bond acceptors (Lipinski definition) is 4. The molecule has 0 aromatic heterocycles. The molecule has 0 aromatic carbocycles. The van der Waals surface area contributed by atoms with Crippen LogP contribution in [0.3, 0.4) is 0 Å². The largest absolute Gasteiger partial charge is 0.480 e. The summed E-state index contributed by atoms with van der Waals surface area (Å²) < 4.78 is 4.84. The Morgan fingerprint density at radius 1 is 1.44 bits per heavy atom. The van der Waals surface area contributed by atoms with Crippen molar-refractivity contribution in [2.45, 2.75) is 50.5 Å². The molecule has 0 saturated carbocycles. The van der Waals surface area contributed by atoms with Gasteiger partial charge >= 0.3 is 5.97 Å². The summed E-state index contributed by atoms with van der Waals surface area (Å²) in [5.74, 6) is -0.127. The third-order valence-corrected chi connectivity index (χ3v) is 4.15. The molecule has 0 rings (SSSR count). The van der Waals surface area contributed by atoms with Gasteiger partial charge in [-0.3, -0.25) is 4.79 Å². The zero-order chi connectivity index (χ0) is 13.0. The Balaban J connectivity index is 4.15. The smallest absolute Gasteiger partial charge is 0.321 e. The predicted octanol–water partition coefficient (Wildman–Crippen LogP) is 1.73. The predicted molar refractivity (Wildman–Crippen MR) is 67.9 cm³/mol. The summed E-state index contributed by atoms with van der Waals surface area (Å²) in [7, 11) is 1.68. The van der Waals surface area contributed by atoms with E-state index in [4.69, 9.17) is 15.6 Å². The number of carboxylic acid groups (broad SMARTS) is 1. The minimum atomic E-state index is -0.955. The molecule has 3 N–H and O–H groups in total. The molecular weight excluding hydrogens is 226 g/mol. The third-order valence-electron chi connectivity index (χ3n) is 2.75. The first-order valence-corrected chi connectivity index (χ1v) is 6.28. The van der Waals surface area contributed by atoms with Crippen molar-refractivity contribution in [1.29, 1.82) is 0 Å². The van der Waals surface area contributed by atoms with Crippen LogP contribution < -0.4 is 5.73 Å². The zero-order valence-corrected chi connectivity index (χ0v) is 11.6. The average molecular weight is 249 g/mol. The number of aliphatic carboxylic acids is 1. The summed E-state index contributed by atoms with van der Waals surface area (Å²) in [6.07, 6.45) is 0.865. The summed E-state index contributed by atoms with van der Waals surface area (Å²) in [5, 5.41) is 8.86. The van der Waals surface area contributed by atoms with E-state index in [0.29, 0.717) is 0 Å². The number of hydrogen-bond donors (Lipinski definition) is 2. The molecule has 1 atom stereocenters. The van der Waals surface area contributed by atoms with Crippen molar-refractivity contribution in [3.8, 4) is 0 Å². The minimum absolute atomic E-state index is 0.170. The van der Waals surface area contributed by atoms with Crippen molar-refractivity contribution in [1.82, 2.24) is 0 Å². The number of nitrogens with two attached hydrogens (primary N) is 1. The Labute approximate surface area is 102 Å². The maximum atomic E-state index is 10.8. The highest BCUT2D eigenvalue weighted by Gasteiger charge is 2.32. The highest BCUT2D eigenvalue weighted by Crippen LogP contribution is 2.30. The number of carboxylic acids is 1. The minimum Gasteiger partial charge on any atom is -0.480 e. The molecule has 16 heavy (non-hydrogen) atoms. The molecule has 0 aliphatic heterocycles. The molecule has 0 spiro atoms. The molecule has 4 nitrogen and oxygen atoms in total. The summed E-state index contributed by atoms with van der Waals surface area (Å²) >= 11 is 1.57. The van der Waals surface area contributed by atoms with Gasteiger partial charge in [0.1, 0.15) is 6.04 Å². The van der Waals surface area contributed by atoms with E-state index in [1.807, 2.05) is 27.7 Å². The van der Waals surface area contributed by atoms with Crippen molar-refractivity contribution in [3.05, 3.63) is 0 Å². The fourth-order valence-electron chi connectivity index (χ4n) is 1.05. The van der Waals surface area contributed by atoms with Crippen LogP contribution in [0.2, 0.25) is 0 Å². The second-order valence-electron chi connectivity index (χ2n) is 4.98. The fraction of sp³-hybridized carbons (Fsp3) is 0.909. The van der Waals surface area contributed by atoms with Gasteiger partial charge in [-0.2, -0.15) is 11.8 Å². The Morgan fingerprint density at radius 3 is 2.31 bits per heavy atom. The average Bonchev–Trinajstić information content (AvgIpc) is 2.15. The van der Waals surface area contributed by atoms with Gasteiger partial charge in [0, 0.05) is 11.9 Å². The first-order valence-electron chi connectivity index (χ1n) is 5.30. The second-order valence-corrected chi connectivity index (χ2v) is 6.73. The van der Waals surface area contributed by atoms with E-state index >= 15 is 0 Å². The number of thioether (sulfide) groups is 1. The molecule has 0 radical (unpaired) electrons. The molecule has 0 aromatic rings. The monoisotopic (exact) mass is 249 g/mol. The Bertz CT molecular complexity index is 241. The lowest BCUT2D eigenvalue weighted by atomic mass is 10.1. The molecular formula is C11H23NO3S. The van der Waals surface area contributed by atoms with Crippen LogP contribution in [0.1, 0.15) is 34.1 Å². The Hall–Kier alpha value is -0.260. The molecule has 5 heteroatoms. The van der Waals surface area contributed by atoms with Gasteiger partial charge in [-0.25, -0.2) is 0 Å². The van der Waals surface area contributed by atoms with Crippen molar-refractivity contribution < 1.29 is 14.6 Å². The van der Waals surface area contributed by atoms with Crippen LogP contribution >= 0.6 is 11.8 Å². The van der Waals surface area contributed by atoms with E-state index in [9.17, 15) is 4.79 Å². The maximum absolute atomic E-state index is 10.8. The Morgan fingerprint density at radius 2 is 1.94 bits per heavy atom. The van der Waals surface area contributed by atoms with Gasteiger partial charge in [0.15, 0.2) is 0 Å². The van der Waals surface area contributed by atoms with Crippen LogP contribution in [0, 0.1) is 0 Å². The van der Waals surface area contributed by atoms with Gasteiger partial charge in [-0.05, 0) is 39.9 Å². The molecule has 0 unspecified atom stereocenters. The lowest BCUT2D eigenvalue weighted by molar-refractivity contribution is -0.139. The maximum Gasteiger partial charge on any atom is 0.321 e. The molecule has 0 fully saturated rings. The second kappa shape index (κ2) is 5.89. The number of ether oxygens (including phenoxy) is 1. The number of methoxy groups -OCH3 is 1. The summed E-state index contributed by atoms with van der Waals surface area (Å²) in [4.78, 5) is 10.8. The van der Waals surface area contributed by atoms with Crippen molar-refractivity contribution >= 4 is 17.7 Å². The van der Waals surface area contributed by atoms with Gasteiger partial charge in [-0.15, -0.1) is 0 Å². The third kappa shape index (κ3) is 5.18. The zero-order valence-electron chi connectivity index (χ0n) is 10.7. The first kappa shape index (κ1) is 15.7. The summed E-state index contributed by atoms with van der Waals surface area (Å²) in [6.45, 7) is 7.74. The van der Waals surface area contributed by atoms with Crippen molar-refractivity contribution in [2.24, 2.45) is 5.73 Å². The van der Waals surface area contributed by atoms with Gasteiger partial charge in [0.25, 0.3) is 0 Å². The number of rotatable bonds is 7. The van der Waals surface area contributed by atoms with Gasteiger partial charge in [0.2, 0.25) is 0 Å². The summed E-state index contributed by atoms with van der Waals surface area (Å²) in [5.41, 5.74) is 5.45. The molecule has 0 heterocycles. The normalized spacial score (nSPS) is 14.9. The van der Waals surface area contributed by atoms with E-state index in [1.165, 1.54) is 0 Å². The van der Waals surface area contributed by atoms with Crippen LogP contribution in [0.15, 0.2) is 0 Å². The van der Waals surface area contributed by atoms with Gasteiger partial charge < -0.3 is 15.6 Å². The van der Waals surface area contributed by atoms with E-state index in [-0.39, 0.29) is 5.60 Å². The molecule has 0 aliphatic rings. The SMILES string of the molecule is COC(C)(C)CCSC(C)(C)[C@@H](N)C(=O)O. The van der Waals surface area contributed by atoms with E-state index in [0.717, 1.165) is 12.2 Å². The quantitative estimate of drug-likeness (QED) is 0.719. The van der Waals surface area contributed by atoms with E-state index < -0.39 is 16.8 Å². The molecule has 0 aliphatic carbocycles. The highest BCUT2D eigenvalue weighted by atomic mass is 32.2. The van der Waals surface area contributed by atoms with Gasteiger partial charge in [-0.1, -0.05) is 0 Å². The lowest BCUT2D eigenvalue weighted by Crippen LogP contribution is -2.47. The van der Waals surface area contributed by atoms with Crippen LogP contribution in [-0.4, -0.2) is 40.3 Å². The summed E-state index contributed by atoms with van der Waals surface area (Å²) in [6, 6.07) is -0.844. The van der Waals surface area contributed by atoms with Gasteiger partial charge in [0.05, 0.1) is 5.60 Å². The molecule has 0 saturated heterocycles. The fourth-order valence-corrected chi connectivity index (χ4v) is 2.45. The molecule has 96 valence electrons. The van der Waals surface area contributed by atoms with Crippen LogP contribution in [0.25, 0.3) is 0 Å². The van der Waals surface area contributed by atoms with Crippen LogP contribution in [0.5, 0.6) is 0 Å². The number of carbonyl (C=O) groups is 1. The van der Waals surface area contributed by atoms with E-state index in [2.05, 4.69) is 0 Å². The van der Waals surface area contributed by atoms with Crippen LogP contribution in [-0.2, 0) is 9.53 Å². The molecule has 0 bridgehead atoms. The van der Waals surface area contributed by atoms with Crippen molar-refractivity contribution in [3.63, 3.8) is 0 Å². The standard InChI is InChI=1S/C11H23NO3S/c1-10(2,15-5)6-7-16-11(3,4)8(12)9(13)14/h8H,6-7,12H2,1-5H3,(H,13,14)/t8-/m0/s1. The first-order chi connectivity index (χ1) is 7.12. The Kier molecular flexibility index (Phi) is 5.79. The van der Waals surface area contributed by atoms with E-state index in [1.54, 1.807) is 18.9 Å². The lowest BCUT2D eigenvalue weighted by Gasteiger charge is -2.30. The van der Waals surface area contributed by atoms with Crippen molar-refractivity contribution in [2.75, 3.05) is 12.9 Å². The molecule has 0 amide bonds. The topological polar surface area (TPSA) is 72.5 Å².